The average Bonchev–Trinajstić information content (AvgIpc) is 3.33. The number of anilines is 1. The lowest BCUT2D eigenvalue weighted by molar-refractivity contribution is -0.136. The van der Waals surface area contributed by atoms with E-state index >= 15 is 0 Å². The zero-order chi connectivity index (χ0) is 28.5. The number of nitrogens with zero attached hydrogens (tertiary/aromatic N) is 2. The molecule has 0 atom stereocenters. The lowest BCUT2D eigenvalue weighted by atomic mass is 9.96. The number of rotatable bonds is 9. The van der Waals surface area contributed by atoms with Gasteiger partial charge in [0, 0.05) is 4.88 Å². The molecule has 40 heavy (non-hydrogen) atoms. The molecule has 0 saturated carbocycles. The second-order valence-corrected chi connectivity index (χ2v) is 9.96. The molecule has 3 aromatic rings. The van der Waals surface area contributed by atoms with Crippen molar-refractivity contribution in [3.63, 3.8) is 0 Å². The van der Waals surface area contributed by atoms with Gasteiger partial charge >= 0.3 is 17.8 Å². The normalized spacial score (nSPS) is 12.2. The van der Waals surface area contributed by atoms with Crippen molar-refractivity contribution in [2.75, 3.05) is 19.0 Å². The standard InChI is InChI=1S/C29H28N4O6S/c1-3-14-38-20-11-9-19(10-12-20)29(36)39-23-13-8-18(15-24(23)37-2)17-31-33-27(35)26(34)32-28-22(16-30)21-6-4-5-7-25(21)40-28/h8-13,15,17H,3-7,14H2,1-2H3,(H,32,34)(H,33,35). The van der Waals surface area contributed by atoms with Gasteiger partial charge in [0.1, 0.15) is 16.8 Å². The van der Waals surface area contributed by atoms with Gasteiger partial charge in [-0.1, -0.05) is 6.92 Å². The molecule has 1 aromatic heterocycles. The third kappa shape index (κ3) is 6.84. The van der Waals surface area contributed by atoms with Crippen molar-refractivity contribution in [1.29, 1.82) is 5.26 Å². The second-order valence-electron chi connectivity index (χ2n) is 8.85. The maximum Gasteiger partial charge on any atom is 0.343 e. The number of amides is 2. The number of hydrogen-bond acceptors (Lipinski definition) is 9. The minimum absolute atomic E-state index is 0.200. The van der Waals surface area contributed by atoms with Crippen LogP contribution >= 0.6 is 11.3 Å². The number of nitrogens with one attached hydrogen (secondary N) is 2. The van der Waals surface area contributed by atoms with Crippen molar-refractivity contribution in [2.24, 2.45) is 5.10 Å². The largest absolute Gasteiger partial charge is 0.494 e. The van der Waals surface area contributed by atoms with Crippen LogP contribution in [0.25, 0.3) is 0 Å². The average molecular weight is 561 g/mol. The molecule has 2 aromatic carbocycles. The highest BCUT2D eigenvalue weighted by atomic mass is 32.1. The van der Waals surface area contributed by atoms with E-state index in [0.29, 0.717) is 34.0 Å². The summed E-state index contributed by atoms with van der Waals surface area (Å²) in [4.78, 5) is 38.3. The van der Waals surface area contributed by atoms with Crippen LogP contribution in [0.1, 0.15) is 58.1 Å². The Morgan fingerprint density at radius 1 is 1.07 bits per heavy atom. The van der Waals surface area contributed by atoms with Crippen LogP contribution in [0, 0.1) is 11.3 Å². The summed E-state index contributed by atoms with van der Waals surface area (Å²) in [6.07, 6.45) is 5.90. The summed E-state index contributed by atoms with van der Waals surface area (Å²) in [5.41, 5.74) is 4.44. The molecule has 2 N–H and O–H groups in total. The first-order chi connectivity index (χ1) is 19.4. The molecule has 0 unspecified atom stereocenters. The number of esters is 1. The number of carbonyl (C=O) groups is 3. The van der Waals surface area contributed by atoms with Crippen LogP contribution in [0.15, 0.2) is 47.6 Å². The fraction of sp³-hybridized carbons (Fsp3) is 0.276. The first-order valence-electron chi connectivity index (χ1n) is 12.8. The van der Waals surface area contributed by atoms with Crippen LogP contribution in [-0.4, -0.2) is 37.7 Å². The number of thiophene rings is 1. The molecule has 0 radical (unpaired) electrons. The van der Waals surface area contributed by atoms with E-state index < -0.39 is 17.8 Å². The zero-order valence-electron chi connectivity index (χ0n) is 22.1. The first-order valence-corrected chi connectivity index (χ1v) is 13.6. The smallest absolute Gasteiger partial charge is 0.343 e. The number of nitriles is 1. The third-order valence-corrected chi connectivity index (χ3v) is 7.26. The van der Waals surface area contributed by atoms with Crippen molar-refractivity contribution in [3.05, 3.63) is 69.6 Å². The lowest BCUT2D eigenvalue weighted by Gasteiger charge is -2.10. The molecule has 1 aliphatic rings. The summed E-state index contributed by atoms with van der Waals surface area (Å²) < 4.78 is 16.3. The maximum atomic E-state index is 12.6. The van der Waals surface area contributed by atoms with E-state index in [9.17, 15) is 19.6 Å². The van der Waals surface area contributed by atoms with Crippen LogP contribution in [0.2, 0.25) is 0 Å². The van der Waals surface area contributed by atoms with Crippen LogP contribution < -0.4 is 25.0 Å². The number of fused-ring (bicyclic) bond motifs is 1. The Bertz CT molecular complexity index is 1470. The molecule has 1 heterocycles. The van der Waals surface area contributed by atoms with E-state index in [0.717, 1.165) is 42.5 Å². The lowest BCUT2D eigenvalue weighted by Crippen LogP contribution is -2.32. The first kappa shape index (κ1) is 28.3. The predicted molar refractivity (Wildman–Crippen MR) is 150 cm³/mol. The number of hydrazone groups is 1. The molecule has 0 bridgehead atoms. The van der Waals surface area contributed by atoms with Gasteiger partial charge < -0.3 is 19.5 Å². The van der Waals surface area contributed by atoms with E-state index in [1.165, 1.54) is 30.7 Å². The quantitative estimate of drug-likeness (QED) is 0.128. The second kappa shape index (κ2) is 13.4. The van der Waals surface area contributed by atoms with Crippen molar-refractivity contribution in [1.82, 2.24) is 5.43 Å². The number of carbonyl (C=O) groups excluding carboxylic acids is 3. The molecule has 0 fully saturated rings. The van der Waals surface area contributed by atoms with Gasteiger partial charge in [-0.2, -0.15) is 10.4 Å². The molecule has 4 rings (SSSR count). The summed E-state index contributed by atoms with van der Waals surface area (Å²) in [6, 6.07) is 13.5. The Morgan fingerprint density at radius 3 is 2.58 bits per heavy atom. The predicted octanol–water partition coefficient (Wildman–Crippen LogP) is 4.60. The Hall–Kier alpha value is -4.69. The van der Waals surface area contributed by atoms with Gasteiger partial charge in [0.05, 0.1) is 31.1 Å². The summed E-state index contributed by atoms with van der Waals surface area (Å²) in [7, 11) is 1.43. The summed E-state index contributed by atoms with van der Waals surface area (Å²) in [5.74, 6) is -1.32. The van der Waals surface area contributed by atoms with Crippen LogP contribution in [0.4, 0.5) is 5.00 Å². The minimum Gasteiger partial charge on any atom is -0.494 e. The molecule has 0 aliphatic heterocycles. The van der Waals surface area contributed by atoms with Crippen LogP contribution in [0.3, 0.4) is 0 Å². The Balaban J connectivity index is 1.34. The van der Waals surface area contributed by atoms with Crippen molar-refractivity contribution in [2.45, 2.75) is 39.0 Å². The van der Waals surface area contributed by atoms with Gasteiger partial charge in [-0.15, -0.1) is 11.3 Å². The van der Waals surface area contributed by atoms with E-state index in [-0.39, 0.29) is 11.5 Å². The highest BCUT2D eigenvalue weighted by Gasteiger charge is 2.23. The Kier molecular flexibility index (Phi) is 9.48. The van der Waals surface area contributed by atoms with Crippen molar-refractivity contribution >= 4 is 40.3 Å². The highest BCUT2D eigenvalue weighted by Crippen LogP contribution is 2.37. The third-order valence-electron chi connectivity index (χ3n) is 6.05. The number of ether oxygens (including phenoxy) is 3. The maximum absolute atomic E-state index is 12.6. The molecular weight excluding hydrogens is 532 g/mol. The molecule has 206 valence electrons. The Labute approximate surface area is 235 Å². The van der Waals surface area contributed by atoms with Crippen molar-refractivity contribution in [3.8, 4) is 23.3 Å². The minimum atomic E-state index is -0.977. The molecule has 0 saturated heterocycles. The fourth-order valence-electron chi connectivity index (χ4n) is 4.06. The van der Waals surface area contributed by atoms with E-state index in [4.69, 9.17) is 14.2 Å². The fourth-order valence-corrected chi connectivity index (χ4v) is 5.30. The molecule has 11 heteroatoms. The molecule has 10 nitrogen and oxygen atoms in total. The van der Waals surface area contributed by atoms with Gasteiger partial charge in [-0.05, 0) is 85.7 Å². The summed E-state index contributed by atoms with van der Waals surface area (Å²) >= 11 is 1.34. The van der Waals surface area contributed by atoms with Gasteiger partial charge in [0.15, 0.2) is 11.5 Å². The van der Waals surface area contributed by atoms with E-state index in [2.05, 4.69) is 21.9 Å². The number of hydrogen-bond donors (Lipinski definition) is 2. The summed E-state index contributed by atoms with van der Waals surface area (Å²) in [5, 5.41) is 16.3. The number of benzene rings is 2. The van der Waals surface area contributed by atoms with E-state index in [1.54, 1.807) is 36.4 Å². The summed E-state index contributed by atoms with van der Waals surface area (Å²) in [6.45, 7) is 2.60. The molecule has 1 aliphatic carbocycles. The molecular formula is C29H28N4O6S. The molecule has 0 spiro atoms. The molecule has 2 amide bonds. The van der Waals surface area contributed by atoms with Crippen LogP contribution in [0.5, 0.6) is 17.2 Å². The topological polar surface area (TPSA) is 139 Å². The van der Waals surface area contributed by atoms with Crippen LogP contribution in [-0.2, 0) is 22.4 Å². The zero-order valence-corrected chi connectivity index (χ0v) is 22.9. The van der Waals surface area contributed by atoms with Gasteiger partial charge in [0.25, 0.3) is 0 Å². The number of aryl methyl sites for hydroxylation is 1. The van der Waals surface area contributed by atoms with Gasteiger partial charge in [-0.3, -0.25) is 9.59 Å². The van der Waals surface area contributed by atoms with Gasteiger partial charge in [-0.25, -0.2) is 10.2 Å². The number of methoxy groups -OCH3 is 1. The highest BCUT2D eigenvalue weighted by molar-refractivity contribution is 7.16. The van der Waals surface area contributed by atoms with E-state index in [1.807, 2.05) is 6.92 Å². The Morgan fingerprint density at radius 2 is 1.85 bits per heavy atom. The monoisotopic (exact) mass is 560 g/mol. The SMILES string of the molecule is CCCOc1ccc(C(=O)Oc2ccc(C=NNC(=O)C(=O)Nc3sc4c(c3C#N)CCCC4)cc2OC)cc1. The van der Waals surface area contributed by atoms with Gasteiger partial charge in [0.2, 0.25) is 0 Å². The van der Waals surface area contributed by atoms with Crippen molar-refractivity contribution < 1.29 is 28.6 Å².